The number of nitrogens with one attached hydrogen (secondary N) is 2. The fourth-order valence-electron chi connectivity index (χ4n) is 2.72. The number of fused-ring (bicyclic) bond motifs is 1. The van der Waals surface area contributed by atoms with Crippen LogP contribution in [0.25, 0.3) is 11.0 Å². The first-order valence-corrected chi connectivity index (χ1v) is 7.99. The molecular formula is C17H17F2N5. The summed E-state index contributed by atoms with van der Waals surface area (Å²) in [5.74, 6) is 0.967. The average Bonchev–Trinajstić information content (AvgIpc) is 3.25. The topological polar surface area (TPSA) is 66.5 Å². The third-order valence-corrected chi connectivity index (χ3v) is 4.10. The Morgan fingerprint density at radius 1 is 1.21 bits per heavy atom. The molecule has 2 N–H and O–H groups in total. The number of hydrogen-bond acceptors (Lipinski definition) is 4. The Labute approximate surface area is 137 Å². The number of halogens is 2. The second-order valence-corrected chi connectivity index (χ2v) is 6.25. The van der Waals surface area contributed by atoms with Crippen LogP contribution >= 0.6 is 0 Å². The smallest absolute Gasteiger partial charge is 0.186 e. The molecule has 1 aromatic carbocycles. The van der Waals surface area contributed by atoms with Gasteiger partial charge in [0, 0.05) is 18.2 Å². The summed E-state index contributed by atoms with van der Waals surface area (Å²) in [6.07, 6.45) is 3.41. The molecular weight excluding hydrogens is 312 g/mol. The summed E-state index contributed by atoms with van der Waals surface area (Å²) in [6, 6.07) is 4.43. The number of aryl methyl sites for hydroxylation is 1. The van der Waals surface area contributed by atoms with Crippen molar-refractivity contribution in [2.45, 2.75) is 32.7 Å². The molecule has 1 aliphatic rings. The van der Waals surface area contributed by atoms with Gasteiger partial charge in [0.1, 0.15) is 23.0 Å². The van der Waals surface area contributed by atoms with Crippen LogP contribution in [0.5, 0.6) is 0 Å². The van der Waals surface area contributed by atoms with Crippen LogP contribution in [0.3, 0.4) is 0 Å². The molecule has 124 valence electrons. The summed E-state index contributed by atoms with van der Waals surface area (Å²) < 4.78 is 27.0. The van der Waals surface area contributed by atoms with Crippen LogP contribution in [0.15, 0.2) is 18.2 Å². The molecule has 7 heteroatoms. The Bertz CT molecular complexity index is 901. The SMILES string of the molecule is Cc1cc(NCc2nc3c(F)c(F)ccc3[nH]2)nc(CC2CC2)n1. The molecule has 0 aliphatic heterocycles. The number of hydrogen-bond donors (Lipinski definition) is 2. The number of H-pyrrole nitrogens is 1. The molecule has 0 spiro atoms. The van der Waals surface area contributed by atoms with Crippen LogP contribution in [0, 0.1) is 24.5 Å². The van der Waals surface area contributed by atoms with E-state index in [0.29, 0.717) is 29.6 Å². The van der Waals surface area contributed by atoms with Crippen molar-refractivity contribution in [3.63, 3.8) is 0 Å². The van der Waals surface area contributed by atoms with Gasteiger partial charge in [0.15, 0.2) is 11.6 Å². The molecule has 24 heavy (non-hydrogen) atoms. The van der Waals surface area contributed by atoms with Crippen molar-refractivity contribution < 1.29 is 8.78 Å². The van der Waals surface area contributed by atoms with Crippen molar-refractivity contribution in [2.75, 3.05) is 5.32 Å². The van der Waals surface area contributed by atoms with E-state index in [2.05, 4.69) is 25.3 Å². The van der Waals surface area contributed by atoms with Gasteiger partial charge in [-0.15, -0.1) is 0 Å². The fourth-order valence-corrected chi connectivity index (χ4v) is 2.72. The minimum atomic E-state index is -0.931. The van der Waals surface area contributed by atoms with E-state index in [-0.39, 0.29) is 5.52 Å². The Kier molecular flexibility index (Phi) is 3.63. The molecule has 1 saturated carbocycles. The van der Waals surface area contributed by atoms with E-state index < -0.39 is 11.6 Å². The lowest BCUT2D eigenvalue weighted by Crippen LogP contribution is -2.07. The summed E-state index contributed by atoms with van der Waals surface area (Å²) in [5.41, 5.74) is 1.39. The lowest BCUT2D eigenvalue weighted by Gasteiger charge is -2.07. The van der Waals surface area contributed by atoms with Gasteiger partial charge in [0.25, 0.3) is 0 Å². The lowest BCUT2D eigenvalue weighted by atomic mass is 10.2. The van der Waals surface area contributed by atoms with Gasteiger partial charge in [-0.2, -0.15) is 0 Å². The first-order chi connectivity index (χ1) is 11.6. The van der Waals surface area contributed by atoms with E-state index in [9.17, 15) is 8.78 Å². The first-order valence-electron chi connectivity index (χ1n) is 7.99. The molecule has 3 aromatic rings. The molecule has 0 amide bonds. The highest BCUT2D eigenvalue weighted by molar-refractivity contribution is 5.75. The van der Waals surface area contributed by atoms with Crippen molar-refractivity contribution in [3.05, 3.63) is 47.2 Å². The average molecular weight is 329 g/mol. The van der Waals surface area contributed by atoms with E-state index in [1.54, 1.807) is 0 Å². The monoisotopic (exact) mass is 329 g/mol. The van der Waals surface area contributed by atoms with Crippen LogP contribution < -0.4 is 5.32 Å². The van der Waals surface area contributed by atoms with Crippen molar-refractivity contribution in [3.8, 4) is 0 Å². The second kappa shape index (κ2) is 5.81. The number of anilines is 1. The van der Waals surface area contributed by atoms with Gasteiger partial charge >= 0.3 is 0 Å². The molecule has 0 radical (unpaired) electrons. The molecule has 1 aliphatic carbocycles. The summed E-state index contributed by atoms with van der Waals surface area (Å²) >= 11 is 0. The predicted octanol–water partition coefficient (Wildman–Crippen LogP) is 3.50. The second-order valence-electron chi connectivity index (χ2n) is 6.25. The highest BCUT2D eigenvalue weighted by Crippen LogP contribution is 2.31. The number of aromatic nitrogens is 4. The molecule has 0 unspecified atom stereocenters. The Morgan fingerprint density at radius 3 is 2.83 bits per heavy atom. The number of nitrogens with zero attached hydrogens (tertiary/aromatic N) is 3. The van der Waals surface area contributed by atoms with Crippen LogP contribution in [0.2, 0.25) is 0 Å². The largest absolute Gasteiger partial charge is 0.363 e. The zero-order valence-electron chi connectivity index (χ0n) is 13.2. The van der Waals surface area contributed by atoms with Crippen molar-refractivity contribution in [1.82, 2.24) is 19.9 Å². The van der Waals surface area contributed by atoms with Crippen molar-refractivity contribution >= 4 is 16.9 Å². The van der Waals surface area contributed by atoms with E-state index >= 15 is 0 Å². The zero-order chi connectivity index (χ0) is 16.7. The van der Waals surface area contributed by atoms with Crippen LogP contribution in [-0.4, -0.2) is 19.9 Å². The normalized spacial score (nSPS) is 14.3. The highest BCUT2D eigenvalue weighted by atomic mass is 19.2. The highest BCUT2D eigenvalue weighted by Gasteiger charge is 2.23. The third-order valence-electron chi connectivity index (χ3n) is 4.10. The maximum atomic E-state index is 13.7. The number of benzene rings is 1. The summed E-state index contributed by atoms with van der Waals surface area (Å²) in [4.78, 5) is 16.1. The van der Waals surface area contributed by atoms with Gasteiger partial charge in [-0.25, -0.2) is 23.7 Å². The number of aromatic amines is 1. The molecule has 0 atom stereocenters. The minimum absolute atomic E-state index is 0.0140. The van der Waals surface area contributed by atoms with E-state index in [4.69, 9.17) is 0 Å². The summed E-state index contributed by atoms with van der Waals surface area (Å²) in [6.45, 7) is 2.28. The summed E-state index contributed by atoms with van der Waals surface area (Å²) in [5, 5.41) is 3.17. The van der Waals surface area contributed by atoms with Gasteiger partial charge in [-0.3, -0.25) is 0 Å². The van der Waals surface area contributed by atoms with Gasteiger partial charge in [0.05, 0.1) is 12.1 Å². The Hall–Kier alpha value is -2.57. The van der Waals surface area contributed by atoms with Crippen molar-refractivity contribution in [2.24, 2.45) is 5.92 Å². The quantitative estimate of drug-likeness (QED) is 0.752. The lowest BCUT2D eigenvalue weighted by molar-refractivity contribution is 0.515. The Balaban J connectivity index is 1.52. The molecule has 2 heterocycles. The zero-order valence-corrected chi connectivity index (χ0v) is 13.2. The third kappa shape index (κ3) is 3.06. The van der Waals surface area contributed by atoms with Gasteiger partial charge in [-0.1, -0.05) is 0 Å². The maximum absolute atomic E-state index is 13.7. The van der Waals surface area contributed by atoms with Crippen LogP contribution in [-0.2, 0) is 13.0 Å². The Morgan fingerprint density at radius 2 is 2.04 bits per heavy atom. The van der Waals surface area contributed by atoms with E-state index in [0.717, 1.165) is 24.0 Å². The summed E-state index contributed by atoms with van der Waals surface area (Å²) in [7, 11) is 0. The van der Waals surface area contributed by atoms with Gasteiger partial charge in [0.2, 0.25) is 0 Å². The molecule has 2 aromatic heterocycles. The minimum Gasteiger partial charge on any atom is -0.363 e. The van der Waals surface area contributed by atoms with Crippen LogP contribution in [0.4, 0.5) is 14.6 Å². The maximum Gasteiger partial charge on any atom is 0.186 e. The molecule has 5 nitrogen and oxygen atoms in total. The molecule has 4 rings (SSSR count). The number of imidazole rings is 1. The van der Waals surface area contributed by atoms with Crippen LogP contribution in [0.1, 0.15) is 30.2 Å². The van der Waals surface area contributed by atoms with Gasteiger partial charge < -0.3 is 10.3 Å². The van der Waals surface area contributed by atoms with E-state index in [1.807, 2.05) is 13.0 Å². The number of rotatable bonds is 5. The molecule has 0 saturated heterocycles. The van der Waals surface area contributed by atoms with Crippen molar-refractivity contribution in [1.29, 1.82) is 0 Å². The fraction of sp³-hybridized carbons (Fsp3) is 0.353. The predicted molar refractivity (Wildman–Crippen MR) is 86.5 cm³/mol. The molecule has 1 fully saturated rings. The first kappa shape index (κ1) is 15.0. The van der Waals surface area contributed by atoms with E-state index in [1.165, 1.54) is 18.9 Å². The molecule has 0 bridgehead atoms. The standard InChI is InChI=1S/C17H17F2N5/c1-9-6-13(23-14(21-9)7-10-2-3-10)20-8-15-22-12-5-4-11(18)16(19)17(12)24-15/h4-6,10H,2-3,7-8H2,1H3,(H,22,24)(H,20,21,23). The van der Waals surface area contributed by atoms with Gasteiger partial charge in [-0.05, 0) is 37.8 Å².